The topological polar surface area (TPSA) is 47.6 Å². The summed E-state index contributed by atoms with van der Waals surface area (Å²) in [6.45, 7) is 4.76. The molecule has 0 spiro atoms. The van der Waals surface area contributed by atoms with Gasteiger partial charge in [-0.2, -0.15) is 0 Å². The second-order valence-corrected chi connectivity index (χ2v) is 6.06. The van der Waals surface area contributed by atoms with Crippen molar-refractivity contribution >= 4 is 5.91 Å². The van der Waals surface area contributed by atoms with Crippen LogP contribution in [0.1, 0.15) is 43.9 Å². The maximum absolute atomic E-state index is 12.0. The Morgan fingerprint density at radius 2 is 2.12 bits per heavy atom. The Bertz CT molecular complexity index is 634. The van der Waals surface area contributed by atoms with E-state index in [2.05, 4.69) is 31.3 Å². The minimum Gasteiger partial charge on any atom is -0.493 e. The van der Waals surface area contributed by atoms with Crippen LogP contribution in [0.25, 0.3) is 0 Å². The maximum Gasteiger partial charge on any atom is 0.253 e. The molecule has 0 radical (unpaired) electrons. The van der Waals surface area contributed by atoms with E-state index in [-0.39, 0.29) is 5.91 Å². The summed E-state index contributed by atoms with van der Waals surface area (Å²) in [6, 6.07) is 7.77. The fourth-order valence-corrected chi connectivity index (χ4v) is 2.92. The molecule has 24 heavy (non-hydrogen) atoms. The van der Waals surface area contributed by atoms with Gasteiger partial charge < -0.3 is 14.8 Å². The maximum atomic E-state index is 12.0. The lowest BCUT2D eigenvalue weighted by Gasteiger charge is -2.22. The van der Waals surface area contributed by atoms with E-state index in [0.29, 0.717) is 12.5 Å². The number of nitrogens with one attached hydrogen (secondary N) is 1. The molecule has 1 aromatic carbocycles. The highest BCUT2D eigenvalue weighted by atomic mass is 16.5. The van der Waals surface area contributed by atoms with Crippen molar-refractivity contribution in [3.8, 4) is 0 Å². The molecule has 0 fully saturated rings. The van der Waals surface area contributed by atoms with Gasteiger partial charge in [0.15, 0.2) is 6.10 Å². The van der Waals surface area contributed by atoms with Gasteiger partial charge in [0.05, 0.1) is 0 Å². The quantitative estimate of drug-likeness (QED) is 0.825. The molecule has 130 valence electrons. The van der Waals surface area contributed by atoms with Crippen LogP contribution in [-0.4, -0.2) is 20.1 Å². The van der Waals surface area contributed by atoms with Gasteiger partial charge >= 0.3 is 0 Å². The minimum absolute atomic E-state index is 0.160. The lowest BCUT2D eigenvalue weighted by Crippen LogP contribution is -2.27. The van der Waals surface area contributed by atoms with Gasteiger partial charge in [0.1, 0.15) is 12.4 Å². The second-order valence-electron chi connectivity index (χ2n) is 6.06. The molecular weight excluding hydrogens is 302 g/mol. The number of allylic oxidation sites excluding steroid dienone is 4. The molecule has 2 atom stereocenters. The van der Waals surface area contributed by atoms with Gasteiger partial charge in [-0.1, -0.05) is 50.3 Å². The number of rotatable bonds is 7. The van der Waals surface area contributed by atoms with Crippen molar-refractivity contribution in [2.75, 3.05) is 14.2 Å². The van der Waals surface area contributed by atoms with Crippen molar-refractivity contribution in [3.05, 3.63) is 58.9 Å². The number of hydrogen-bond donors (Lipinski definition) is 1. The van der Waals surface area contributed by atoms with Crippen LogP contribution < -0.4 is 5.32 Å². The van der Waals surface area contributed by atoms with Gasteiger partial charge in [0, 0.05) is 20.6 Å². The number of carbonyl (C=O) groups is 1. The number of carbonyl (C=O) groups excluding carboxylic acids is 1. The van der Waals surface area contributed by atoms with Crippen LogP contribution in [0.4, 0.5) is 0 Å². The first-order valence-corrected chi connectivity index (χ1v) is 8.45. The summed E-state index contributed by atoms with van der Waals surface area (Å²) < 4.78 is 11.5. The van der Waals surface area contributed by atoms with Gasteiger partial charge in [-0.05, 0) is 29.0 Å². The Labute approximate surface area is 144 Å². The Morgan fingerprint density at radius 1 is 1.38 bits per heavy atom. The Morgan fingerprint density at radius 3 is 2.79 bits per heavy atom. The normalized spacial score (nSPS) is 18.4. The Kier molecular flexibility index (Phi) is 6.62. The molecule has 0 aliphatic heterocycles. The van der Waals surface area contributed by atoms with E-state index in [1.54, 1.807) is 14.2 Å². The first kappa shape index (κ1) is 18.3. The highest BCUT2D eigenvalue weighted by Crippen LogP contribution is 2.28. The van der Waals surface area contributed by atoms with Gasteiger partial charge in [-0.15, -0.1) is 0 Å². The van der Waals surface area contributed by atoms with Crippen LogP contribution in [0, 0.1) is 5.92 Å². The van der Waals surface area contributed by atoms with Crippen LogP contribution in [0.15, 0.2) is 47.7 Å². The summed E-state index contributed by atoms with van der Waals surface area (Å²) >= 11 is 0. The molecule has 2 rings (SSSR count). The summed E-state index contributed by atoms with van der Waals surface area (Å²) in [4.78, 5) is 12.0. The van der Waals surface area contributed by atoms with Gasteiger partial charge in [0.25, 0.3) is 5.91 Å². The lowest BCUT2D eigenvalue weighted by molar-refractivity contribution is -0.130. The van der Waals surface area contributed by atoms with Crippen LogP contribution in [0.2, 0.25) is 0 Å². The SMILES string of the molecule is CCC1=C(OCc2ccccc2C(OC)C(=O)NC)CC(C)C=C1. The van der Waals surface area contributed by atoms with E-state index in [4.69, 9.17) is 9.47 Å². The molecule has 1 aromatic rings. The average Bonchev–Trinajstić information content (AvgIpc) is 2.61. The van der Waals surface area contributed by atoms with Gasteiger partial charge in [0.2, 0.25) is 0 Å². The molecule has 0 saturated carbocycles. The zero-order valence-corrected chi connectivity index (χ0v) is 15.0. The highest BCUT2D eigenvalue weighted by molar-refractivity contribution is 5.82. The fraction of sp³-hybridized carbons (Fsp3) is 0.450. The van der Waals surface area contributed by atoms with Crippen molar-refractivity contribution in [1.29, 1.82) is 0 Å². The van der Waals surface area contributed by atoms with E-state index >= 15 is 0 Å². The molecule has 1 aliphatic rings. The summed E-state index contributed by atoms with van der Waals surface area (Å²) in [5, 5.41) is 2.65. The third kappa shape index (κ3) is 4.26. The van der Waals surface area contributed by atoms with Crippen LogP contribution in [-0.2, 0) is 20.9 Å². The first-order chi connectivity index (χ1) is 11.6. The second kappa shape index (κ2) is 8.69. The highest BCUT2D eigenvalue weighted by Gasteiger charge is 2.22. The average molecular weight is 329 g/mol. The molecule has 2 unspecified atom stereocenters. The summed E-state index contributed by atoms with van der Waals surface area (Å²) in [6.07, 6.45) is 5.65. The number of amides is 1. The zero-order chi connectivity index (χ0) is 17.5. The van der Waals surface area contributed by atoms with Crippen molar-refractivity contribution in [2.24, 2.45) is 5.92 Å². The van der Waals surface area contributed by atoms with Crippen molar-refractivity contribution in [3.63, 3.8) is 0 Å². The summed E-state index contributed by atoms with van der Waals surface area (Å²) in [7, 11) is 3.16. The Hall–Kier alpha value is -2.07. The molecule has 1 aliphatic carbocycles. The number of methoxy groups -OCH3 is 1. The van der Waals surface area contributed by atoms with E-state index in [1.165, 1.54) is 5.57 Å². The molecule has 4 heteroatoms. The predicted octanol–water partition coefficient (Wildman–Crippen LogP) is 3.90. The molecular formula is C20H27NO3. The number of likely N-dealkylation sites (N-methyl/N-ethyl adjacent to an activating group) is 1. The van der Waals surface area contributed by atoms with Crippen LogP contribution >= 0.6 is 0 Å². The molecule has 0 aromatic heterocycles. The van der Waals surface area contributed by atoms with E-state index in [9.17, 15) is 4.79 Å². The number of benzene rings is 1. The van der Waals surface area contributed by atoms with E-state index in [1.807, 2.05) is 24.3 Å². The number of hydrogen-bond acceptors (Lipinski definition) is 3. The molecule has 1 N–H and O–H groups in total. The Balaban J connectivity index is 2.20. The fourth-order valence-electron chi connectivity index (χ4n) is 2.92. The molecule has 1 amide bonds. The van der Waals surface area contributed by atoms with Crippen molar-refractivity contribution in [1.82, 2.24) is 5.32 Å². The van der Waals surface area contributed by atoms with Crippen molar-refractivity contribution in [2.45, 2.75) is 39.4 Å². The zero-order valence-electron chi connectivity index (χ0n) is 15.0. The van der Waals surface area contributed by atoms with E-state index in [0.717, 1.165) is 29.7 Å². The number of ether oxygens (including phenoxy) is 2. The predicted molar refractivity (Wildman–Crippen MR) is 95.3 cm³/mol. The first-order valence-electron chi connectivity index (χ1n) is 8.45. The molecule has 0 heterocycles. The third-order valence-electron chi connectivity index (χ3n) is 4.33. The van der Waals surface area contributed by atoms with Gasteiger partial charge in [-0.3, -0.25) is 4.79 Å². The van der Waals surface area contributed by atoms with Crippen LogP contribution in [0.3, 0.4) is 0 Å². The van der Waals surface area contributed by atoms with Crippen molar-refractivity contribution < 1.29 is 14.3 Å². The molecule has 0 saturated heterocycles. The molecule has 0 bridgehead atoms. The molecule has 4 nitrogen and oxygen atoms in total. The summed E-state index contributed by atoms with van der Waals surface area (Å²) in [5.74, 6) is 1.38. The smallest absolute Gasteiger partial charge is 0.253 e. The largest absolute Gasteiger partial charge is 0.493 e. The van der Waals surface area contributed by atoms with Crippen LogP contribution in [0.5, 0.6) is 0 Å². The van der Waals surface area contributed by atoms with E-state index < -0.39 is 6.10 Å². The minimum atomic E-state index is -0.625. The standard InChI is InChI=1S/C20H27NO3/c1-5-15-11-10-14(2)12-18(15)24-13-16-8-6-7-9-17(16)19(23-4)20(22)21-3/h6-11,14,19H,5,12-13H2,1-4H3,(H,21,22). The van der Waals surface area contributed by atoms with Gasteiger partial charge in [-0.25, -0.2) is 0 Å². The summed E-state index contributed by atoms with van der Waals surface area (Å²) in [5.41, 5.74) is 3.07. The third-order valence-corrected chi connectivity index (χ3v) is 4.33. The lowest BCUT2D eigenvalue weighted by atomic mass is 9.95. The monoisotopic (exact) mass is 329 g/mol.